The van der Waals surface area contributed by atoms with Gasteiger partial charge in [-0.3, -0.25) is 4.79 Å². The highest BCUT2D eigenvalue weighted by atomic mass is 32.2. The molecule has 0 saturated heterocycles. The van der Waals surface area contributed by atoms with E-state index in [-0.39, 0.29) is 11.7 Å². The highest BCUT2D eigenvalue weighted by Gasteiger charge is 2.17. The Kier molecular flexibility index (Phi) is 6.75. The first-order valence-corrected chi connectivity index (χ1v) is 10.9. The van der Waals surface area contributed by atoms with Crippen LogP contribution in [-0.4, -0.2) is 26.4 Å². The summed E-state index contributed by atoms with van der Waals surface area (Å²) in [4.78, 5) is 12.7. The summed E-state index contributed by atoms with van der Waals surface area (Å²) in [6.45, 7) is 11.2. The minimum atomic E-state index is -0.0331. The van der Waals surface area contributed by atoms with Crippen molar-refractivity contribution in [1.82, 2.24) is 14.8 Å². The average molecular weight is 409 g/mol. The zero-order valence-corrected chi connectivity index (χ0v) is 18.5. The predicted molar refractivity (Wildman–Crippen MR) is 120 cm³/mol. The van der Waals surface area contributed by atoms with Gasteiger partial charge in [0.15, 0.2) is 11.0 Å². The molecule has 152 valence electrons. The van der Waals surface area contributed by atoms with E-state index in [9.17, 15) is 4.79 Å². The minimum Gasteiger partial charge on any atom is -0.325 e. The molecule has 1 aromatic heterocycles. The molecule has 6 heteroatoms. The molecule has 0 unspecified atom stereocenters. The van der Waals surface area contributed by atoms with E-state index in [4.69, 9.17) is 0 Å². The lowest BCUT2D eigenvalue weighted by molar-refractivity contribution is -0.113. The summed E-state index contributed by atoms with van der Waals surface area (Å²) in [7, 11) is 0. The van der Waals surface area contributed by atoms with Gasteiger partial charge in [0.1, 0.15) is 0 Å². The van der Waals surface area contributed by atoms with E-state index in [1.807, 2.05) is 31.2 Å². The number of hydrogen-bond donors (Lipinski definition) is 1. The molecule has 1 N–H and O–H groups in total. The minimum absolute atomic E-state index is 0.0331. The molecule has 0 atom stereocenters. The first kappa shape index (κ1) is 21.1. The van der Waals surface area contributed by atoms with Crippen molar-refractivity contribution in [2.75, 3.05) is 11.1 Å². The van der Waals surface area contributed by atoms with E-state index < -0.39 is 0 Å². The molecule has 0 aliphatic heterocycles. The van der Waals surface area contributed by atoms with Crippen LogP contribution in [0.5, 0.6) is 0 Å². The lowest BCUT2D eigenvalue weighted by atomic mass is 9.98. The summed E-state index contributed by atoms with van der Waals surface area (Å²) >= 11 is 1.42. The number of para-hydroxylation sites is 1. The molecule has 0 saturated carbocycles. The first-order valence-electron chi connectivity index (χ1n) is 9.93. The van der Waals surface area contributed by atoms with E-state index in [1.165, 1.54) is 11.8 Å². The van der Waals surface area contributed by atoms with E-state index in [2.05, 4.69) is 66.0 Å². The third-order valence-corrected chi connectivity index (χ3v) is 5.91. The molecule has 0 bridgehead atoms. The maximum absolute atomic E-state index is 12.7. The number of rotatable bonds is 7. The van der Waals surface area contributed by atoms with Crippen LogP contribution in [0.2, 0.25) is 0 Å². The number of aromatic nitrogens is 3. The van der Waals surface area contributed by atoms with Crippen LogP contribution in [0.25, 0.3) is 11.4 Å². The molecule has 29 heavy (non-hydrogen) atoms. The summed E-state index contributed by atoms with van der Waals surface area (Å²) in [6.07, 6.45) is 0. The van der Waals surface area contributed by atoms with Crippen molar-refractivity contribution in [3.05, 3.63) is 59.2 Å². The Bertz CT molecular complexity index is 1010. The number of carbonyl (C=O) groups excluding carboxylic acids is 1. The normalized spacial score (nSPS) is 11.1. The number of amides is 1. The summed E-state index contributed by atoms with van der Waals surface area (Å²) in [6, 6.07) is 14.3. The second-order valence-electron chi connectivity index (χ2n) is 7.40. The van der Waals surface area contributed by atoms with Crippen LogP contribution in [-0.2, 0) is 11.3 Å². The summed E-state index contributed by atoms with van der Waals surface area (Å²) in [5.74, 6) is 1.44. The molecule has 0 fully saturated rings. The smallest absolute Gasteiger partial charge is 0.234 e. The molecular formula is C23H28N4OS. The van der Waals surface area contributed by atoms with Crippen molar-refractivity contribution in [1.29, 1.82) is 0 Å². The van der Waals surface area contributed by atoms with Crippen molar-refractivity contribution in [3.8, 4) is 11.4 Å². The van der Waals surface area contributed by atoms with Gasteiger partial charge in [0, 0.05) is 17.8 Å². The fourth-order valence-corrected chi connectivity index (χ4v) is 4.15. The maximum atomic E-state index is 12.7. The summed E-state index contributed by atoms with van der Waals surface area (Å²) in [5.41, 5.74) is 5.38. The highest BCUT2D eigenvalue weighted by molar-refractivity contribution is 7.99. The molecule has 0 aliphatic carbocycles. The van der Waals surface area contributed by atoms with Gasteiger partial charge in [-0.05, 0) is 43.4 Å². The molecule has 3 aromatic rings. The zero-order chi connectivity index (χ0) is 21.0. The van der Waals surface area contributed by atoms with E-state index in [0.29, 0.717) is 5.92 Å². The monoisotopic (exact) mass is 408 g/mol. The number of thioether (sulfide) groups is 1. The Hall–Kier alpha value is -2.60. The van der Waals surface area contributed by atoms with Gasteiger partial charge in [0.2, 0.25) is 5.91 Å². The number of hydrogen-bond acceptors (Lipinski definition) is 4. The number of carbonyl (C=O) groups is 1. The highest BCUT2D eigenvalue weighted by Crippen LogP contribution is 2.29. The Morgan fingerprint density at radius 3 is 2.48 bits per heavy atom. The van der Waals surface area contributed by atoms with Crippen molar-refractivity contribution >= 4 is 23.4 Å². The quantitative estimate of drug-likeness (QED) is 0.529. The van der Waals surface area contributed by atoms with E-state index in [0.717, 1.165) is 45.5 Å². The third-order valence-electron chi connectivity index (χ3n) is 4.94. The van der Waals surface area contributed by atoms with Crippen LogP contribution in [0.15, 0.2) is 47.6 Å². The molecule has 1 heterocycles. The summed E-state index contributed by atoms with van der Waals surface area (Å²) in [5, 5.41) is 12.6. The molecule has 5 nitrogen and oxygen atoms in total. The topological polar surface area (TPSA) is 59.8 Å². The van der Waals surface area contributed by atoms with Gasteiger partial charge in [-0.2, -0.15) is 0 Å². The molecule has 0 aliphatic rings. The second kappa shape index (κ2) is 9.27. The number of benzene rings is 2. The number of aryl methyl sites for hydroxylation is 2. The van der Waals surface area contributed by atoms with Crippen LogP contribution in [0.4, 0.5) is 5.69 Å². The molecule has 1 amide bonds. The van der Waals surface area contributed by atoms with Crippen molar-refractivity contribution < 1.29 is 4.79 Å². The van der Waals surface area contributed by atoms with Gasteiger partial charge in [-0.1, -0.05) is 68.1 Å². The third kappa shape index (κ3) is 4.70. The molecule has 3 rings (SSSR count). The Morgan fingerprint density at radius 1 is 1.07 bits per heavy atom. The van der Waals surface area contributed by atoms with Gasteiger partial charge in [0.25, 0.3) is 0 Å². The lowest BCUT2D eigenvalue weighted by Gasteiger charge is -2.16. The number of anilines is 1. The van der Waals surface area contributed by atoms with Crippen LogP contribution >= 0.6 is 11.8 Å². The van der Waals surface area contributed by atoms with Gasteiger partial charge in [0.05, 0.1) is 5.75 Å². The van der Waals surface area contributed by atoms with Crippen LogP contribution in [0, 0.1) is 13.8 Å². The van der Waals surface area contributed by atoms with E-state index >= 15 is 0 Å². The van der Waals surface area contributed by atoms with Crippen LogP contribution < -0.4 is 5.32 Å². The summed E-state index contributed by atoms with van der Waals surface area (Å²) < 4.78 is 2.06. The average Bonchev–Trinajstić information content (AvgIpc) is 3.10. The molecule has 0 spiro atoms. The van der Waals surface area contributed by atoms with Crippen LogP contribution in [0.3, 0.4) is 0 Å². The lowest BCUT2D eigenvalue weighted by Crippen LogP contribution is -2.17. The van der Waals surface area contributed by atoms with Crippen molar-refractivity contribution in [2.24, 2.45) is 0 Å². The maximum Gasteiger partial charge on any atom is 0.234 e. The second-order valence-corrected chi connectivity index (χ2v) is 8.34. The zero-order valence-electron chi connectivity index (χ0n) is 17.7. The van der Waals surface area contributed by atoms with Gasteiger partial charge >= 0.3 is 0 Å². The first-order chi connectivity index (χ1) is 13.9. The predicted octanol–water partition coefficient (Wildman–Crippen LogP) is 5.44. The standard InChI is InChI=1S/C23H28N4OS/c1-6-27-22(19-12-8-7-10-16(19)4)25-26-23(27)29-14-20(28)24-21-17(5)11-9-13-18(21)15(2)3/h7-13,15H,6,14H2,1-5H3,(H,24,28). The van der Waals surface area contributed by atoms with E-state index in [1.54, 1.807) is 0 Å². The number of nitrogens with one attached hydrogen (secondary N) is 1. The van der Waals surface area contributed by atoms with Crippen LogP contribution in [0.1, 0.15) is 43.4 Å². The SMILES string of the molecule is CCn1c(SCC(=O)Nc2c(C)cccc2C(C)C)nnc1-c1ccccc1C. The Morgan fingerprint density at radius 2 is 1.79 bits per heavy atom. The molecular weight excluding hydrogens is 380 g/mol. The molecule has 0 radical (unpaired) electrons. The Balaban J connectivity index is 1.75. The van der Waals surface area contributed by atoms with Gasteiger partial charge in [-0.25, -0.2) is 0 Å². The van der Waals surface area contributed by atoms with Gasteiger partial charge in [-0.15, -0.1) is 10.2 Å². The molecule has 2 aromatic carbocycles. The number of nitrogens with zero attached hydrogens (tertiary/aromatic N) is 3. The fourth-order valence-electron chi connectivity index (χ4n) is 3.35. The Labute approximate surface area is 176 Å². The van der Waals surface area contributed by atoms with Crippen molar-refractivity contribution in [2.45, 2.75) is 52.2 Å². The largest absolute Gasteiger partial charge is 0.325 e. The fraction of sp³-hybridized carbons (Fsp3) is 0.348. The van der Waals surface area contributed by atoms with Crippen molar-refractivity contribution in [3.63, 3.8) is 0 Å². The van der Waals surface area contributed by atoms with Gasteiger partial charge < -0.3 is 9.88 Å².